The van der Waals surface area contributed by atoms with Gasteiger partial charge in [0, 0.05) is 24.9 Å². The molecule has 2 heterocycles. The highest BCUT2D eigenvalue weighted by Crippen LogP contribution is 2.34. The van der Waals surface area contributed by atoms with Crippen molar-refractivity contribution in [1.82, 2.24) is 4.90 Å². The lowest BCUT2D eigenvalue weighted by atomic mass is 9.84. The van der Waals surface area contributed by atoms with Gasteiger partial charge in [-0.1, -0.05) is 19.4 Å². The summed E-state index contributed by atoms with van der Waals surface area (Å²) in [4.78, 5) is 13.9. The number of nitrogens with zero attached hydrogens (tertiary/aromatic N) is 1. The first-order chi connectivity index (χ1) is 9.65. The Bertz CT molecular complexity index is 333. The molecule has 0 aromatic carbocycles. The molecule has 0 bridgehead atoms. The van der Waals surface area contributed by atoms with Crippen LogP contribution in [0.2, 0.25) is 0 Å². The van der Waals surface area contributed by atoms with Crippen LogP contribution in [0.5, 0.6) is 0 Å². The average Bonchev–Trinajstić information content (AvgIpc) is 3.15. The molecule has 0 N–H and O–H groups in total. The van der Waals surface area contributed by atoms with Gasteiger partial charge in [0.1, 0.15) is 0 Å². The molecule has 0 aliphatic carbocycles. The molecule has 2 fully saturated rings. The first-order valence-corrected chi connectivity index (χ1v) is 7.80. The molecular formula is C16H27NO3. The molecule has 0 aromatic heterocycles. The van der Waals surface area contributed by atoms with E-state index in [9.17, 15) is 4.79 Å². The monoisotopic (exact) mass is 281 g/mol. The molecule has 0 saturated carbocycles. The van der Waals surface area contributed by atoms with Gasteiger partial charge >= 0.3 is 0 Å². The molecular weight excluding hydrogens is 254 g/mol. The van der Waals surface area contributed by atoms with Gasteiger partial charge in [-0.05, 0) is 25.7 Å². The summed E-state index contributed by atoms with van der Waals surface area (Å²) in [5.41, 5.74) is -0.146. The first kappa shape index (κ1) is 15.5. The number of amides is 1. The first-order valence-electron chi connectivity index (χ1n) is 7.80. The smallest absolute Gasteiger partial charge is 0.222 e. The molecule has 2 saturated heterocycles. The fourth-order valence-corrected chi connectivity index (χ4v) is 2.96. The molecule has 2 aliphatic heterocycles. The summed E-state index contributed by atoms with van der Waals surface area (Å²) >= 11 is 0. The molecule has 0 unspecified atom stereocenters. The van der Waals surface area contributed by atoms with E-state index in [0.717, 1.165) is 45.2 Å². The molecule has 0 aromatic rings. The minimum atomic E-state index is -0.172. The quantitative estimate of drug-likeness (QED) is 0.532. The summed E-state index contributed by atoms with van der Waals surface area (Å²) in [6.45, 7) is 9.28. The van der Waals surface area contributed by atoms with Crippen molar-refractivity contribution in [3.05, 3.63) is 12.7 Å². The number of carbonyl (C=O) groups is 1. The molecule has 0 spiro atoms. The van der Waals surface area contributed by atoms with E-state index in [1.807, 2.05) is 11.0 Å². The lowest BCUT2D eigenvalue weighted by molar-refractivity contribution is -0.130. The van der Waals surface area contributed by atoms with Crippen molar-refractivity contribution in [3.63, 3.8) is 0 Å². The van der Waals surface area contributed by atoms with Crippen molar-refractivity contribution in [2.75, 3.05) is 26.3 Å². The Morgan fingerprint density at radius 1 is 1.30 bits per heavy atom. The standard InChI is InChI=1S/C16H27NO3/c1-3-16(2,15-19-12-13-20-15)9-5-4-8-14(18)17-10-6-7-11-17/h3,15H,1,4-13H2,2H3/t16-/m1/s1. The molecule has 20 heavy (non-hydrogen) atoms. The third-order valence-electron chi connectivity index (χ3n) is 4.44. The Balaban J connectivity index is 1.68. The number of carbonyl (C=O) groups excluding carboxylic acids is 1. The van der Waals surface area contributed by atoms with Crippen LogP contribution < -0.4 is 0 Å². The van der Waals surface area contributed by atoms with Crippen LogP contribution in [0, 0.1) is 5.41 Å². The van der Waals surface area contributed by atoms with E-state index in [-0.39, 0.29) is 11.7 Å². The van der Waals surface area contributed by atoms with E-state index >= 15 is 0 Å². The number of hydrogen-bond donors (Lipinski definition) is 0. The Morgan fingerprint density at radius 3 is 2.55 bits per heavy atom. The maximum absolute atomic E-state index is 12.0. The molecule has 4 heteroatoms. The fourth-order valence-electron chi connectivity index (χ4n) is 2.96. The van der Waals surface area contributed by atoms with Crippen LogP contribution in [0.1, 0.15) is 45.4 Å². The SMILES string of the molecule is C=C[C@](C)(CCCCC(=O)N1CCCC1)C1OCCO1. The van der Waals surface area contributed by atoms with E-state index in [0.29, 0.717) is 25.5 Å². The predicted molar refractivity (Wildman–Crippen MR) is 78.3 cm³/mol. The van der Waals surface area contributed by atoms with Crippen LogP contribution in [0.15, 0.2) is 12.7 Å². The van der Waals surface area contributed by atoms with Crippen molar-refractivity contribution in [2.24, 2.45) is 5.41 Å². The zero-order valence-corrected chi connectivity index (χ0v) is 12.6. The third kappa shape index (κ3) is 3.83. The Labute approximate surface area is 122 Å². The summed E-state index contributed by atoms with van der Waals surface area (Å²) in [5, 5.41) is 0. The maximum atomic E-state index is 12.0. The van der Waals surface area contributed by atoms with Crippen molar-refractivity contribution in [1.29, 1.82) is 0 Å². The van der Waals surface area contributed by atoms with Gasteiger partial charge in [0.2, 0.25) is 5.91 Å². The van der Waals surface area contributed by atoms with Crippen molar-refractivity contribution >= 4 is 5.91 Å². The summed E-state index contributed by atoms with van der Waals surface area (Å²) in [5.74, 6) is 0.316. The number of rotatable bonds is 7. The Hall–Kier alpha value is -0.870. The lowest BCUT2D eigenvalue weighted by Gasteiger charge is -2.30. The molecule has 2 aliphatic rings. The summed E-state index contributed by atoms with van der Waals surface area (Å²) in [6, 6.07) is 0. The topological polar surface area (TPSA) is 38.8 Å². The zero-order valence-electron chi connectivity index (χ0n) is 12.6. The van der Waals surface area contributed by atoms with Gasteiger partial charge in [-0.2, -0.15) is 0 Å². The van der Waals surface area contributed by atoms with E-state index in [1.54, 1.807) is 0 Å². The predicted octanol–water partition coefficient (Wildman–Crippen LogP) is 2.73. The second-order valence-electron chi connectivity index (χ2n) is 6.08. The maximum Gasteiger partial charge on any atom is 0.222 e. The highest BCUT2D eigenvalue weighted by Gasteiger charge is 2.35. The lowest BCUT2D eigenvalue weighted by Crippen LogP contribution is -2.31. The summed E-state index contributed by atoms with van der Waals surface area (Å²) < 4.78 is 11.2. The van der Waals surface area contributed by atoms with Crippen LogP contribution in [-0.4, -0.2) is 43.4 Å². The Kier molecular flexibility index (Phi) is 5.61. The van der Waals surface area contributed by atoms with Crippen molar-refractivity contribution in [2.45, 2.75) is 51.7 Å². The number of unbranched alkanes of at least 4 members (excludes halogenated alkanes) is 1. The minimum absolute atomic E-state index is 0.146. The fraction of sp³-hybridized carbons (Fsp3) is 0.812. The van der Waals surface area contributed by atoms with Gasteiger partial charge in [0.05, 0.1) is 13.2 Å². The minimum Gasteiger partial charge on any atom is -0.349 e. The van der Waals surface area contributed by atoms with E-state index < -0.39 is 0 Å². The number of likely N-dealkylation sites (tertiary alicyclic amines) is 1. The highest BCUT2D eigenvalue weighted by molar-refractivity contribution is 5.76. The van der Waals surface area contributed by atoms with Crippen molar-refractivity contribution in [3.8, 4) is 0 Å². The molecule has 2 rings (SSSR count). The average molecular weight is 281 g/mol. The van der Waals surface area contributed by atoms with Gasteiger partial charge in [0.25, 0.3) is 0 Å². The summed E-state index contributed by atoms with van der Waals surface area (Å²) in [7, 11) is 0. The van der Waals surface area contributed by atoms with E-state index in [2.05, 4.69) is 13.5 Å². The van der Waals surface area contributed by atoms with Gasteiger partial charge in [0.15, 0.2) is 6.29 Å². The van der Waals surface area contributed by atoms with E-state index in [1.165, 1.54) is 0 Å². The molecule has 0 radical (unpaired) electrons. The third-order valence-corrected chi connectivity index (χ3v) is 4.44. The second-order valence-corrected chi connectivity index (χ2v) is 6.08. The van der Waals surface area contributed by atoms with Crippen LogP contribution in [-0.2, 0) is 14.3 Å². The number of ether oxygens (including phenoxy) is 2. The van der Waals surface area contributed by atoms with Crippen LogP contribution in [0.4, 0.5) is 0 Å². The normalized spacial score (nSPS) is 22.9. The molecule has 114 valence electrons. The zero-order chi connectivity index (χ0) is 14.4. The van der Waals surface area contributed by atoms with Gasteiger partial charge in [-0.15, -0.1) is 6.58 Å². The Morgan fingerprint density at radius 2 is 1.95 bits per heavy atom. The van der Waals surface area contributed by atoms with Gasteiger partial charge in [-0.3, -0.25) is 4.79 Å². The van der Waals surface area contributed by atoms with E-state index in [4.69, 9.17) is 9.47 Å². The van der Waals surface area contributed by atoms with Crippen LogP contribution in [0.25, 0.3) is 0 Å². The molecule has 1 amide bonds. The molecule has 1 atom stereocenters. The largest absolute Gasteiger partial charge is 0.349 e. The van der Waals surface area contributed by atoms with Crippen LogP contribution >= 0.6 is 0 Å². The summed E-state index contributed by atoms with van der Waals surface area (Å²) in [6.07, 6.45) is 7.65. The second kappa shape index (κ2) is 7.23. The van der Waals surface area contributed by atoms with Gasteiger partial charge < -0.3 is 14.4 Å². The molecule has 4 nitrogen and oxygen atoms in total. The number of hydrogen-bond acceptors (Lipinski definition) is 3. The van der Waals surface area contributed by atoms with Gasteiger partial charge in [-0.25, -0.2) is 0 Å². The van der Waals surface area contributed by atoms with Crippen molar-refractivity contribution < 1.29 is 14.3 Å². The van der Waals surface area contributed by atoms with Crippen LogP contribution in [0.3, 0.4) is 0 Å². The highest BCUT2D eigenvalue weighted by atomic mass is 16.7.